The number of fused-ring (bicyclic) bond motifs is 1. The van der Waals surface area contributed by atoms with Gasteiger partial charge in [-0.25, -0.2) is 4.98 Å². The zero-order valence-corrected chi connectivity index (χ0v) is 19.9. The first-order valence-corrected chi connectivity index (χ1v) is 12.3. The molecule has 2 aromatic heterocycles. The Hall–Kier alpha value is -3.14. The lowest BCUT2D eigenvalue weighted by Gasteiger charge is -2.12. The Labute approximate surface area is 202 Å². The lowest BCUT2D eigenvalue weighted by Crippen LogP contribution is -2.23. The van der Waals surface area contributed by atoms with Gasteiger partial charge < -0.3 is 10.6 Å². The average molecular weight is 499 g/mol. The summed E-state index contributed by atoms with van der Waals surface area (Å²) in [6, 6.07) is 15.3. The van der Waals surface area contributed by atoms with Crippen LogP contribution in [0.4, 0.5) is 11.4 Å². The maximum atomic E-state index is 12.8. The lowest BCUT2D eigenvalue weighted by molar-refractivity contribution is -0.113. The molecule has 4 aromatic rings. The maximum absolute atomic E-state index is 12.8. The number of carbonyl (C=O) groups is 2. The van der Waals surface area contributed by atoms with Crippen LogP contribution in [0.5, 0.6) is 0 Å². The van der Waals surface area contributed by atoms with E-state index in [9.17, 15) is 14.4 Å². The second-order valence-electron chi connectivity index (χ2n) is 6.92. The van der Waals surface area contributed by atoms with E-state index in [0.717, 1.165) is 0 Å². The van der Waals surface area contributed by atoms with Crippen LogP contribution < -0.4 is 16.2 Å². The summed E-state index contributed by atoms with van der Waals surface area (Å²) < 4.78 is 2.16. The molecule has 0 fully saturated rings. The van der Waals surface area contributed by atoms with Crippen LogP contribution >= 0.6 is 34.7 Å². The van der Waals surface area contributed by atoms with Crippen molar-refractivity contribution in [1.29, 1.82) is 0 Å². The smallest absolute Gasteiger partial charge is 0.272 e. The molecule has 2 N–H and O–H groups in total. The van der Waals surface area contributed by atoms with E-state index in [1.165, 1.54) is 23.1 Å². The van der Waals surface area contributed by atoms with Gasteiger partial charge in [0.25, 0.3) is 11.5 Å². The molecule has 10 heteroatoms. The van der Waals surface area contributed by atoms with Gasteiger partial charge in [-0.15, -0.1) is 11.3 Å². The van der Waals surface area contributed by atoms with Crippen molar-refractivity contribution in [1.82, 2.24) is 9.55 Å². The van der Waals surface area contributed by atoms with Crippen LogP contribution in [0.1, 0.15) is 17.3 Å². The minimum absolute atomic E-state index is 0.0369. The first-order chi connectivity index (χ1) is 16.0. The third-order valence-corrected chi connectivity index (χ3v) is 6.85. The third-order valence-electron chi connectivity index (χ3n) is 4.73. The second kappa shape index (κ2) is 10.2. The average Bonchev–Trinajstić information content (AvgIpc) is 3.28. The molecule has 0 saturated heterocycles. The minimum atomic E-state index is -0.356. The fraction of sp³-hybridized carbons (Fsp3) is 0.130. The molecule has 2 aromatic carbocycles. The van der Waals surface area contributed by atoms with Gasteiger partial charge in [0, 0.05) is 17.3 Å². The molecule has 0 unspecified atom stereocenters. The summed E-state index contributed by atoms with van der Waals surface area (Å²) in [6.07, 6.45) is 0. The highest BCUT2D eigenvalue weighted by atomic mass is 35.5. The van der Waals surface area contributed by atoms with Crippen LogP contribution in [0, 0.1) is 0 Å². The Bertz CT molecular complexity index is 1380. The summed E-state index contributed by atoms with van der Waals surface area (Å²) in [4.78, 5) is 42.6. The number of amides is 2. The molecule has 0 atom stereocenters. The van der Waals surface area contributed by atoms with Crippen molar-refractivity contribution in [3.63, 3.8) is 0 Å². The summed E-state index contributed by atoms with van der Waals surface area (Å²) >= 11 is 8.42. The standard InChI is InChI=1S/C23H19ClN4O3S2/c1-2-28-22(31)20-18(11-12-32-20)27-23(28)33-13-19(29)26-17-6-4-3-5-16(17)21(30)25-15-9-7-14(24)8-10-15/h3-12H,2,13H2,1H3,(H,25,30)(H,26,29). The number of carbonyl (C=O) groups excluding carboxylic acids is 2. The van der Waals surface area contributed by atoms with Crippen LogP contribution in [0.15, 0.2) is 69.9 Å². The molecule has 0 aliphatic rings. The van der Waals surface area contributed by atoms with Crippen LogP contribution in [-0.4, -0.2) is 27.1 Å². The Kier molecular flexibility index (Phi) is 7.12. The van der Waals surface area contributed by atoms with Crippen molar-refractivity contribution in [3.8, 4) is 0 Å². The predicted octanol–water partition coefficient (Wildman–Crippen LogP) is 5.11. The summed E-state index contributed by atoms with van der Waals surface area (Å²) in [5.41, 5.74) is 1.83. The largest absolute Gasteiger partial charge is 0.325 e. The van der Waals surface area contributed by atoms with E-state index < -0.39 is 0 Å². The molecule has 0 bridgehead atoms. The van der Waals surface area contributed by atoms with Gasteiger partial charge in [0.2, 0.25) is 5.91 Å². The minimum Gasteiger partial charge on any atom is -0.325 e. The number of benzene rings is 2. The molecule has 7 nitrogen and oxygen atoms in total. The molecule has 2 heterocycles. The molecule has 4 rings (SSSR count). The van der Waals surface area contributed by atoms with Crippen molar-refractivity contribution in [3.05, 3.63) is 80.9 Å². The van der Waals surface area contributed by atoms with E-state index >= 15 is 0 Å². The molecule has 0 spiro atoms. The molecular formula is C23H19ClN4O3S2. The van der Waals surface area contributed by atoms with Crippen LogP contribution in [0.2, 0.25) is 5.02 Å². The van der Waals surface area contributed by atoms with E-state index in [1.54, 1.807) is 59.2 Å². The number of anilines is 2. The number of aromatic nitrogens is 2. The van der Waals surface area contributed by atoms with E-state index in [4.69, 9.17) is 11.6 Å². The number of nitrogens with one attached hydrogen (secondary N) is 2. The first-order valence-electron chi connectivity index (χ1n) is 10.0. The highest BCUT2D eigenvalue weighted by Gasteiger charge is 2.16. The van der Waals surface area contributed by atoms with Crippen molar-refractivity contribution < 1.29 is 9.59 Å². The second-order valence-corrected chi connectivity index (χ2v) is 9.22. The maximum Gasteiger partial charge on any atom is 0.272 e. The fourth-order valence-corrected chi connectivity index (χ4v) is 4.92. The third kappa shape index (κ3) is 5.27. The molecule has 0 saturated carbocycles. The summed E-state index contributed by atoms with van der Waals surface area (Å²) in [6.45, 7) is 2.32. The Morgan fingerprint density at radius 3 is 2.61 bits per heavy atom. The monoisotopic (exact) mass is 498 g/mol. The van der Waals surface area contributed by atoms with Crippen LogP contribution in [0.3, 0.4) is 0 Å². The Balaban J connectivity index is 1.46. The number of thioether (sulfide) groups is 1. The number of hydrogen-bond donors (Lipinski definition) is 2. The molecular weight excluding hydrogens is 480 g/mol. The van der Waals surface area contributed by atoms with Gasteiger partial charge in [-0.1, -0.05) is 35.5 Å². The number of halogens is 1. The van der Waals surface area contributed by atoms with Crippen molar-refractivity contribution in [2.24, 2.45) is 0 Å². The zero-order valence-electron chi connectivity index (χ0n) is 17.5. The number of thiophene rings is 1. The number of nitrogens with zero attached hydrogens (tertiary/aromatic N) is 2. The molecule has 168 valence electrons. The van der Waals surface area contributed by atoms with Crippen molar-refractivity contribution >= 4 is 68.1 Å². The highest BCUT2D eigenvalue weighted by molar-refractivity contribution is 7.99. The van der Waals surface area contributed by atoms with Crippen LogP contribution in [0.25, 0.3) is 10.2 Å². The summed E-state index contributed by atoms with van der Waals surface area (Å²) in [7, 11) is 0. The lowest BCUT2D eigenvalue weighted by atomic mass is 10.1. The van der Waals surface area contributed by atoms with Gasteiger partial charge in [0.15, 0.2) is 5.16 Å². The Morgan fingerprint density at radius 2 is 1.85 bits per heavy atom. The van der Waals surface area contributed by atoms with Crippen LogP contribution in [-0.2, 0) is 11.3 Å². The van der Waals surface area contributed by atoms with Crippen molar-refractivity contribution in [2.75, 3.05) is 16.4 Å². The summed E-state index contributed by atoms with van der Waals surface area (Å²) in [5, 5.41) is 8.46. The molecule has 0 aliphatic heterocycles. The van der Waals surface area contributed by atoms with Crippen molar-refractivity contribution in [2.45, 2.75) is 18.6 Å². The highest BCUT2D eigenvalue weighted by Crippen LogP contribution is 2.22. The van der Waals surface area contributed by atoms with E-state index in [2.05, 4.69) is 15.6 Å². The SMILES string of the molecule is CCn1c(SCC(=O)Nc2ccccc2C(=O)Nc2ccc(Cl)cc2)nc2ccsc2c1=O. The van der Waals surface area contributed by atoms with Gasteiger partial charge >= 0.3 is 0 Å². The molecule has 0 radical (unpaired) electrons. The normalized spacial score (nSPS) is 10.8. The van der Waals surface area contributed by atoms with Gasteiger partial charge in [-0.3, -0.25) is 19.0 Å². The number of para-hydroxylation sites is 1. The number of hydrogen-bond acceptors (Lipinski definition) is 6. The van der Waals surface area contributed by atoms with E-state index in [0.29, 0.717) is 43.9 Å². The molecule has 33 heavy (non-hydrogen) atoms. The van der Waals surface area contributed by atoms with E-state index in [-0.39, 0.29) is 23.1 Å². The quantitative estimate of drug-likeness (QED) is 0.272. The zero-order chi connectivity index (χ0) is 23.4. The number of rotatable bonds is 7. The van der Waals surface area contributed by atoms with E-state index in [1.807, 2.05) is 12.3 Å². The predicted molar refractivity (Wildman–Crippen MR) is 135 cm³/mol. The van der Waals surface area contributed by atoms with Gasteiger partial charge in [0.05, 0.1) is 22.5 Å². The molecule has 2 amide bonds. The van der Waals surface area contributed by atoms with Gasteiger partial charge in [-0.05, 0) is 54.8 Å². The van der Waals surface area contributed by atoms with Gasteiger partial charge in [-0.2, -0.15) is 0 Å². The van der Waals surface area contributed by atoms with Gasteiger partial charge in [0.1, 0.15) is 4.70 Å². The topological polar surface area (TPSA) is 93.1 Å². The summed E-state index contributed by atoms with van der Waals surface area (Å²) in [5.74, 6) is -0.630. The fourth-order valence-electron chi connectivity index (χ4n) is 3.15. The Morgan fingerprint density at radius 1 is 1.09 bits per heavy atom. The first kappa shape index (κ1) is 23.0. The molecule has 0 aliphatic carbocycles.